The van der Waals surface area contributed by atoms with Crippen molar-refractivity contribution < 1.29 is 23.2 Å². The first-order chi connectivity index (χ1) is 12.3. The van der Waals surface area contributed by atoms with Gasteiger partial charge < -0.3 is 10.2 Å². The zero-order valence-electron chi connectivity index (χ0n) is 15.1. The summed E-state index contributed by atoms with van der Waals surface area (Å²) in [5.41, 5.74) is -0.240. The lowest BCUT2D eigenvalue weighted by Gasteiger charge is -2.31. The number of amides is 2. The molecule has 0 saturated carbocycles. The maximum absolute atomic E-state index is 13.8. The van der Waals surface area contributed by atoms with Crippen molar-refractivity contribution in [2.75, 3.05) is 19.6 Å². The molecule has 26 heavy (non-hydrogen) atoms. The number of Topliss-reactive ketones (excluding diaryl/α,β-unsaturated/α-hetero) is 1. The van der Waals surface area contributed by atoms with E-state index in [0.29, 0.717) is 32.4 Å². The van der Waals surface area contributed by atoms with E-state index in [1.807, 2.05) is 6.92 Å². The van der Waals surface area contributed by atoms with Gasteiger partial charge in [0, 0.05) is 24.9 Å². The average molecular weight is 366 g/mol. The molecule has 1 aliphatic heterocycles. The first-order valence-corrected chi connectivity index (χ1v) is 8.88. The molecule has 1 heterocycles. The molecule has 1 unspecified atom stereocenters. The Hall–Kier alpha value is -2.31. The van der Waals surface area contributed by atoms with Crippen LogP contribution >= 0.6 is 0 Å². The van der Waals surface area contributed by atoms with Crippen molar-refractivity contribution in [2.24, 2.45) is 11.8 Å². The van der Waals surface area contributed by atoms with Crippen LogP contribution in [0.4, 0.5) is 8.78 Å². The highest BCUT2D eigenvalue weighted by atomic mass is 19.1. The molecule has 0 bridgehead atoms. The first-order valence-electron chi connectivity index (χ1n) is 8.88. The van der Waals surface area contributed by atoms with E-state index in [2.05, 4.69) is 5.32 Å². The molecule has 0 spiro atoms. The molecule has 0 aliphatic carbocycles. The summed E-state index contributed by atoms with van der Waals surface area (Å²) in [4.78, 5) is 37.9. The number of nitrogens with one attached hydrogen (secondary N) is 1. The van der Waals surface area contributed by atoms with Gasteiger partial charge in [0.05, 0.1) is 12.1 Å². The molecule has 1 fully saturated rings. The van der Waals surface area contributed by atoms with Crippen LogP contribution in [0.15, 0.2) is 18.2 Å². The minimum Gasteiger partial charge on any atom is -0.347 e. The Bertz CT molecular complexity index is 685. The van der Waals surface area contributed by atoms with E-state index in [9.17, 15) is 23.2 Å². The highest BCUT2D eigenvalue weighted by Gasteiger charge is 2.29. The zero-order chi connectivity index (χ0) is 19.3. The van der Waals surface area contributed by atoms with Gasteiger partial charge in [-0.3, -0.25) is 14.4 Å². The van der Waals surface area contributed by atoms with E-state index in [4.69, 9.17) is 0 Å². The molecule has 1 aliphatic rings. The number of rotatable bonds is 6. The summed E-state index contributed by atoms with van der Waals surface area (Å²) < 4.78 is 27.0. The van der Waals surface area contributed by atoms with Crippen molar-refractivity contribution in [2.45, 2.75) is 33.1 Å². The molecule has 5 nitrogen and oxygen atoms in total. The van der Waals surface area contributed by atoms with Crippen LogP contribution < -0.4 is 5.32 Å². The minimum atomic E-state index is -0.734. The van der Waals surface area contributed by atoms with Crippen molar-refractivity contribution >= 4 is 17.6 Å². The van der Waals surface area contributed by atoms with Crippen LogP contribution in [0.2, 0.25) is 0 Å². The van der Waals surface area contributed by atoms with Crippen molar-refractivity contribution in [1.82, 2.24) is 10.2 Å². The molecule has 2 rings (SSSR count). The van der Waals surface area contributed by atoms with Crippen molar-refractivity contribution in [3.63, 3.8) is 0 Å². The zero-order valence-corrected chi connectivity index (χ0v) is 15.1. The van der Waals surface area contributed by atoms with E-state index in [-0.39, 0.29) is 29.8 Å². The van der Waals surface area contributed by atoms with E-state index >= 15 is 0 Å². The summed E-state index contributed by atoms with van der Waals surface area (Å²) >= 11 is 0. The summed E-state index contributed by atoms with van der Waals surface area (Å²) in [5.74, 6) is -2.77. The quantitative estimate of drug-likeness (QED) is 0.787. The van der Waals surface area contributed by atoms with Gasteiger partial charge in [0.1, 0.15) is 11.6 Å². The van der Waals surface area contributed by atoms with Gasteiger partial charge in [0.15, 0.2) is 5.78 Å². The molecular weight excluding hydrogens is 342 g/mol. The van der Waals surface area contributed by atoms with Gasteiger partial charge in [-0.2, -0.15) is 0 Å². The largest absolute Gasteiger partial charge is 0.347 e. The fourth-order valence-corrected chi connectivity index (χ4v) is 2.93. The third-order valence-electron chi connectivity index (χ3n) is 4.89. The minimum absolute atomic E-state index is 0.0691. The lowest BCUT2D eigenvalue weighted by molar-refractivity contribution is -0.134. The van der Waals surface area contributed by atoms with Crippen molar-refractivity contribution in [3.8, 4) is 0 Å². The predicted octanol–water partition coefficient (Wildman–Crippen LogP) is 2.55. The number of benzene rings is 1. The van der Waals surface area contributed by atoms with Crippen LogP contribution in [0.5, 0.6) is 0 Å². The van der Waals surface area contributed by atoms with Crippen LogP contribution in [-0.4, -0.2) is 42.1 Å². The van der Waals surface area contributed by atoms with Crippen LogP contribution in [0.3, 0.4) is 0 Å². The fraction of sp³-hybridized carbons (Fsp3) is 0.526. The van der Waals surface area contributed by atoms with Crippen molar-refractivity contribution in [3.05, 3.63) is 35.4 Å². The number of piperidine rings is 1. The van der Waals surface area contributed by atoms with Crippen LogP contribution in [-0.2, 0) is 9.59 Å². The van der Waals surface area contributed by atoms with Crippen LogP contribution in [0.25, 0.3) is 0 Å². The second kappa shape index (κ2) is 8.87. The maximum Gasteiger partial charge on any atom is 0.241 e. The highest BCUT2D eigenvalue weighted by Crippen LogP contribution is 2.23. The summed E-state index contributed by atoms with van der Waals surface area (Å²) in [5, 5.41) is 2.62. The van der Waals surface area contributed by atoms with E-state index in [1.54, 1.807) is 11.8 Å². The highest BCUT2D eigenvalue weighted by molar-refractivity contribution is 5.98. The Labute approximate surface area is 151 Å². The number of hydrogen-bond donors (Lipinski definition) is 1. The average Bonchev–Trinajstić information content (AvgIpc) is 2.66. The number of hydrogen-bond acceptors (Lipinski definition) is 3. The summed E-state index contributed by atoms with van der Waals surface area (Å²) in [6.45, 7) is 4.33. The monoisotopic (exact) mass is 366 g/mol. The Balaban J connectivity index is 1.86. The molecule has 7 heteroatoms. The molecule has 1 aromatic carbocycles. The summed E-state index contributed by atoms with van der Waals surface area (Å²) in [6.07, 6.45) is 1.48. The topological polar surface area (TPSA) is 66.5 Å². The number of likely N-dealkylation sites (tertiary alicyclic amines) is 1. The van der Waals surface area contributed by atoms with Crippen LogP contribution in [0, 0.1) is 23.5 Å². The molecule has 0 radical (unpaired) electrons. The molecule has 1 aromatic rings. The van der Waals surface area contributed by atoms with Gasteiger partial charge in [-0.15, -0.1) is 0 Å². The molecule has 2 amide bonds. The summed E-state index contributed by atoms with van der Waals surface area (Å²) in [7, 11) is 0. The van der Waals surface area contributed by atoms with Gasteiger partial charge in [-0.05, 0) is 37.5 Å². The first kappa shape index (κ1) is 20.0. The molecular formula is C19H24F2N2O3. The number of halogens is 2. The van der Waals surface area contributed by atoms with Gasteiger partial charge in [0.25, 0.3) is 0 Å². The second-order valence-electron chi connectivity index (χ2n) is 6.67. The van der Waals surface area contributed by atoms with E-state index < -0.39 is 23.3 Å². The maximum atomic E-state index is 13.8. The summed E-state index contributed by atoms with van der Waals surface area (Å²) in [6, 6.07) is 2.84. The molecule has 142 valence electrons. The third-order valence-corrected chi connectivity index (χ3v) is 4.89. The third kappa shape index (κ3) is 4.86. The lowest BCUT2D eigenvalue weighted by Crippen LogP contribution is -2.45. The molecule has 1 atom stereocenters. The second-order valence-corrected chi connectivity index (χ2v) is 6.67. The Morgan fingerprint density at radius 1 is 1.23 bits per heavy atom. The van der Waals surface area contributed by atoms with Crippen molar-refractivity contribution in [1.29, 1.82) is 0 Å². The number of ketones is 1. The number of nitrogens with zero attached hydrogens (tertiary/aromatic N) is 1. The van der Waals surface area contributed by atoms with Gasteiger partial charge in [-0.25, -0.2) is 8.78 Å². The molecule has 0 aromatic heterocycles. The van der Waals surface area contributed by atoms with Gasteiger partial charge in [-0.1, -0.05) is 13.8 Å². The standard InChI is InChI=1S/C19H24F2N2O3/c1-3-12(2)19(26)22-11-17(24)23-8-6-13(7-9-23)18(25)15-10-14(20)4-5-16(15)21/h4-5,10,12-13H,3,6-9,11H2,1-2H3,(H,22,26). The van der Waals surface area contributed by atoms with Crippen LogP contribution in [0.1, 0.15) is 43.5 Å². The molecule has 1 N–H and O–H groups in total. The lowest BCUT2D eigenvalue weighted by atomic mass is 9.88. The number of carbonyl (C=O) groups is 3. The SMILES string of the molecule is CCC(C)C(=O)NCC(=O)N1CCC(C(=O)c2cc(F)ccc2F)CC1. The number of carbonyl (C=O) groups excluding carboxylic acids is 3. The predicted molar refractivity (Wildman–Crippen MR) is 92.5 cm³/mol. The van der Waals surface area contributed by atoms with Gasteiger partial charge in [0.2, 0.25) is 11.8 Å². The fourth-order valence-electron chi connectivity index (χ4n) is 2.93. The van der Waals surface area contributed by atoms with E-state index in [1.165, 1.54) is 0 Å². The smallest absolute Gasteiger partial charge is 0.241 e. The van der Waals surface area contributed by atoms with Gasteiger partial charge >= 0.3 is 0 Å². The Morgan fingerprint density at radius 3 is 2.50 bits per heavy atom. The normalized spacial score (nSPS) is 16.2. The Morgan fingerprint density at radius 2 is 1.88 bits per heavy atom. The Kier molecular flexibility index (Phi) is 6.83. The van der Waals surface area contributed by atoms with E-state index in [0.717, 1.165) is 18.2 Å². The molecule has 1 saturated heterocycles.